The lowest BCUT2D eigenvalue weighted by Crippen LogP contribution is -2.37. The first-order chi connectivity index (χ1) is 7.47. The fourth-order valence-corrected chi connectivity index (χ4v) is 2.14. The third-order valence-electron chi connectivity index (χ3n) is 2.55. The highest BCUT2D eigenvalue weighted by molar-refractivity contribution is 7.98. The van der Waals surface area contributed by atoms with Crippen LogP contribution < -0.4 is 11.1 Å². The van der Waals surface area contributed by atoms with E-state index >= 15 is 0 Å². The Morgan fingerprint density at radius 1 is 1.31 bits per heavy atom. The number of nitrogens with one attached hydrogen (secondary N) is 1. The molecule has 3 atom stereocenters. The summed E-state index contributed by atoms with van der Waals surface area (Å²) in [7, 11) is 0. The molecule has 1 amide bonds. The van der Waals surface area contributed by atoms with Crippen LogP contribution in [0, 0.1) is 5.92 Å². The van der Waals surface area contributed by atoms with E-state index in [0.717, 1.165) is 25.0 Å². The molecule has 3 N–H and O–H groups in total. The summed E-state index contributed by atoms with van der Waals surface area (Å²) in [5.41, 5.74) is 5.67. The minimum absolute atomic E-state index is 0.100. The topological polar surface area (TPSA) is 55.1 Å². The zero-order valence-electron chi connectivity index (χ0n) is 11.0. The number of carbonyl (C=O) groups is 1. The number of hydrogen-bond acceptors (Lipinski definition) is 3. The lowest BCUT2D eigenvalue weighted by atomic mass is 10.0. The van der Waals surface area contributed by atoms with E-state index in [4.69, 9.17) is 5.73 Å². The third-order valence-corrected chi connectivity index (χ3v) is 3.38. The van der Waals surface area contributed by atoms with Crippen molar-refractivity contribution in [2.75, 3.05) is 12.0 Å². The van der Waals surface area contributed by atoms with Gasteiger partial charge in [-0.3, -0.25) is 4.79 Å². The summed E-state index contributed by atoms with van der Waals surface area (Å²) in [6, 6.07) is 0.504. The summed E-state index contributed by atoms with van der Waals surface area (Å²) < 4.78 is 0. The summed E-state index contributed by atoms with van der Waals surface area (Å²) in [5, 5.41) is 3.03. The van der Waals surface area contributed by atoms with Gasteiger partial charge in [-0.1, -0.05) is 13.3 Å². The Kier molecular flexibility index (Phi) is 8.76. The molecule has 0 saturated carbocycles. The van der Waals surface area contributed by atoms with Gasteiger partial charge in [0, 0.05) is 23.8 Å². The number of thioether (sulfide) groups is 1. The van der Waals surface area contributed by atoms with Gasteiger partial charge in [0.1, 0.15) is 0 Å². The van der Waals surface area contributed by atoms with Gasteiger partial charge in [0.05, 0.1) is 0 Å². The molecule has 0 radical (unpaired) electrons. The largest absolute Gasteiger partial charge is 0.353 e. The number of nitrogens with two attached hydrogens (primary N) is 1. The van der Waals surface area contributed by atoms with Gasteiger partial charge in [-0.05, 0) is 32.9 Å². The van der Waals surface area contributed by atoms with Crippen LogP contribution in [-0.4, -0.2) is 30.0 Å². The van der Waals surface area contributed by atoms with Crippen LogP contribution >= 0.6 is 11.8 Å². The molecular formula is C12H26N2OS. The molecular weight excluding hydrogens is 220 g/mol. The molecule has 96 valence electrons. The van der Waals surface area contributed by atoms with Gasteiger partial charge >= 0.3 is 0 Å². The van der Waals surface area contributed by atoms with Gasteiger partial charge < -0.3 is 11.1 Å². The molecule has 0 aromatic rings. The first-order valence-electron chi connectivity index (χ1n) is 6.02. The predicted octanol–water partition coefficient (Wildman–Crippen LogP) is 2.01. The van der Waals surface area contributed by atoms with Crippen LogP contribution in [0.15, 0.2) is 0 Å². The molecule has 0 heterocycles. The molecule has 0 spiro atoms. The van der Waals surface area contributed by atoms with Crippen LogP contribution in [-0.2, 0) is 4.79 Å². The minimum atomic E-state index is 0.100. The predicted molar refractivity (Wildman–Crippen MR) is 72.7 cm³/mol. The summed E-state index contributed by atoms with van der Waals surface area (Å²) in [5.74, 6) is 1.24. The highest BCUT2D eigenvalue weighted by Gasteiger charge is 2.14. The molecule has 0 aromatic carbocycles. The smallest absolute Gasteiger partial charge is 0.223 e. The van der Waals surface area contributed by atoms with Crippen molar-refractivity contribution in [3.63, 3.8) is 0 Å². The van der Waals surface area contributed by atoms with Gasteiger partial charge in [0.15, 0.2) is 0 Å². The van der Waals surface area contributed by atoms with Gasteiger partial charge in [-0.2, -0.15) is 11.8 Å². The lowest BCUT2D eigenvalue weighted by Gasteiger charge is -2.17. The monoisotopic (exact) mass is 246 g/mol. The Bertz CT molecular complexity index is 197. The van der Waals surface area contributed by atoms with E-state index in [-0.39, 0.29) is 23.9 Å². The fourth-order valence-electron chi connectivity index (χ4n) is 1.55. The van der Waals surface area contributed by atoms with Crippen molar-refractivity contribution in [2.45, 2.75) is 52.1 Å². The van der Waals surface area contributed by atoms with Crippen molar-refractivity contribution in [1.82, 2.24) is 5.32 Å². The number of carbonyl (C=O) groups excluding carboxylic acids is 1. The normalized spacial score (nSPS) is 16.6. The Hall–Kier alpha value is -0.220. The second-order valence-electron chi connectivity index (χ2n) is 4.67. The molecule has 0 aromatic heterocycles. The van der Waals surface area contributed by atoms with Crippen LogP contribution in [0.3, 0.4) is 0 Å². The Labute approximate surface area is 104 Å². The van der Waals surface area contributed by atoms with E-state index in [1.54, 1.807) is 11.8 Å². The van der Waals surface area contributed by atoms with Crippen LogP contribution in [0.4, 0.5) is 0 Å². The average Bonchev–Trinajstić information content (AvgIpc) is 2.17. The van der Waals surface area contributed by atoms with Gasteiger partial charge in [0.25, 0.3) is 0 Å². The molecule has 0 bridgehead atoms. The van der Waals surface area contributed by atoms with Crippen molar-refractivity contribution in [2.24, 2.45) is 11.7 Å². The second-order valence-corrected chi connectivity index (χ2v) is 5.58. The SMILES string of the molecule is CSCC(C)NC(=O)C(C)CCCC(C)N. The van der Waals surface area contributed by atoms with E-state index in [2.05, 4.69) is 11.6 Å². The summed E-state index contributed by atoms with van der Waals surface area (Å²) in [6.45, 7) is 6.04. The molecule has 0 aliphatic heterocycles. The van der Waals surface area contributed by atoms with E-state index in [9.17, 15) is 4.79 Å². The highest BCUT2D eigenvalue weighted by Crippen LogP contribution is 2.09. The molecule has 3 unspecified atom stereocenters. The van der Waals surface area contributed by atoms with Crippen molar-refractivity contribution < 1.29 is 4.79 Å². The molecule has 4 heteroatoms. The number of hydrogen-bond donors (Lipinski definition) is 2. The maximum absolute atomic E-state index is 11.8. The molecule has 16 heavy (non-hydrogen) atoms. The van der Waals surface area contributed by atoms with Crippen LogP contribution in [0.25, 0.3) is 0 Å². The zero-order valence-corrected chi connectivity index (χ0v) is 11.8. The van der Waals surface area contributed by atoms with Gasteiger partial charge in [-0.15, -0.1) is 0 Å². The molecule has 3 nitrogen and oxygen atoms in total. The third kappa shape index (κ3) is 7.99. The second kappa shape index (κ2) is 8.88. The lowest BCUT2D eigenvalue weighted by molar-refractivity contribution is -0.125. The van der Waals surface area contributed by atoms with Crippen LogP contribution in [0.2, 0.25) is 0 Å². The van der Waals surface area contributed by atoms with E-state index < -0.39 is 0 Å². The summed E-state index contributed by atoms with van der Waals surface area (Å²) in [4.78, 5) is 11.8. The van der Waals surface area contributed by atoms with E-state index in [1.807, 2.05) is 20.8 Å². The van der Waals surface area contributed by atoms with Gasteiger partial charge in [-0.25, -0.2) is 0 Å². The van der Waals surface area contributed by atoms with E-state index in [0.29, 0.717) is 0 Å². The first-order valence-corrected chi connectivity index (χ1v) is 7.41. The number of rotatable bonds is 8. The highest BCUT2D eigenvalue weighted by atomic mass is 32.2. The van der Waals surface area contributed by atoms with Crippen LogP contribution in [0.5, 0.6) is 0 Å². The Morgan fingerprint density at radius 2 is 1.94 bits per heavy atom. The minimum Gasteiger partial charge on any atom is -0.353 e. The maximum atomic E-state index is 11.8. The zero-order chi connectivity index (χ0) is 12.6. The Morgan fingerprint density at radius 3 is 2.44 bits per heavy atom. The average molecular weight is 246 g/mol. The first kappa shape index (κ1) is 15.8. The van der Waals surface area contributed by atoms with Gasteiger partial charge in [0.2, 0.25) is 5.91 Å². The molecule has 0 fully saturated rings. The quantitative estimate of drug-likeness (QED) is 0.689. The molecule has 0 aliphatic carbocycles. The fraction of sp³-hybridized carbons (Fsp3) is 0.917. The molecule has 0 rings (SSSR count). The van der Waals surface area contributed by atoms with Crippen molar-refractivity contribution >= 4 is 17.7 Å². The number of amides is 1. The van der Waals surface area contributed by atoms with Crippen molar-refractivity contribution in [3.05, 3.63) is 0 Å². The summed E-state index contributed by atoms with van der Waals surface area (Å²) >= 11 is 1.75. The van der Waals surface area contributed by atoms with Crippen LogP contribution in [0.1, 0.15) is 40.0 Å². The Balaban J connectivity index is 3.72. The molecule has 0 saturated heterocycles. The standard InChI is InChI=1S/C12H26N2OS/c1-9(6-5-7-10(2)13)12(15)14-11(3)8-16-4/h9-11H,5-8,13H2,1-4H3,(H,14,15). The summed E-state index contributed by atoms with van der Waals surface area (Å²) in [6.07, 6.45) is 5.01. The molecule has 0 aliphatic rings. The van der Waals surface area contributed by atoms with E-state index in [1.165, 1.54) is 0 Å². The van der Waals surface area contributed by atoms with Crippen molar-refractivity contribution in [1.29, 1.82) is 0 Å². The maximum Gasteiger partial charge on any atom is 0.223 e. The van der Waals surface area contributed by atoms with Crippen molar-refractivity contribution in [3.8, 4) is 0 Å².